The first-order chi connectivity index (χ1) is 16.5. The van der Waals surface area contributed by atoms with Gasteiger partial charge in [-0.25, -0.2) is 0 Å². The minimum absolute atomic E-state index is 0.402. The summed E-state index contributed by atoms with van der Waals surface area (Å²) in [5.74, 6) is 2.52. The number of rotatable bonds is 8. The maximum Gasteiger partial charge on any atom is 0.233 e. The van der Waals surface area contributed by atoms with Crippen LogP contribution in [0.2, 0.25) is 5.02 Å². The van der Waals surface area contributed by atoms with Crippen molar-refractivity contribution in [2.45, 2.75) is 70.4 Å². The molecule has 2 aliphatic rings. The van der Waals surface area contributed by atoms with Gasteiger partial charge in [0.05, 0.1) is 11.6 Å². The third-order valence-electron chi connectivity index (χ3n) is 6.85. The number of halogens is 1. The Morgan fingerprint density at radius 3 is 2.41 bits per heavy atom. The summed E-state index contributed by atoms with van der Waals surface area (Å²) in [5, 5.41) is 7.50. The molecule has 0 bridgehead atoms. The third kappa shape index (κ3) is 6.63. The van der Waals surface area contributed by atoms with Gasteiger partial charge in [-0.3, -0.25) is 0 Å². The molecule has 186 valence electrons. The van der Waals surface area contributed by atoms with Gasteiger partial charge in [-0.1, -0.05) is 37.3 Å². The lowest BCUT2D eigenvalue weighted by Gasteiger charge is -2.35. The maximum absolute atomic E-state index is 6.40. The van der Waals surface area contributed by atoms with Crippen molar-refractivity contribution in [3.05, 3.63) is 23.2 Å². The molecule has 0 amide bonds. The van der Waals surface area contributed by atoms with Crippen molar-refractivity contribution in [1.82, 2.24) is 19.9 Å². The largest absolute Gasteiger partial charge is 0.492 e. The number of hydrogen-bond acceptors (Lipinski definition) is 8. The Morgan fingerprint density at radius 1 is 1.03 bits per heavy atom. The highest BCUT2D eigenvalue weighted by molar-refractivity contribution is 6.32. The first-order valence-corrected chi connectivity index (χ1v) is 13.0. The van der Waals surface area contributed by atoms with Gasteiger partial charge in [-0.15, -0.1) is 0 Å². The van der Waals surface area contributed by atoms with Gasteiger partial charge in [0, 0.05) is 24.8 Å². The van der Waals surface area contributed by atoms with E-state index in [-0.39, 0.29) is 0 Å². The van der Waals surface area contributed by atoms with Gasteiger partial charge in [0.2, 0.25) is 17.8 Å². The average molecular weight is 488 g/mol. The summed E-state index contributed by atoms with van der Waals surface area (Å²) in [6.07, 6.45) is 9.63. The fourth-order valence-corrected chi connectivity index (χ4v) is 5.01. The van der Waals surface area contributed by atoms with E-state index in [1.54, 1.807) is 0 Å². The van der Waals surface area contributed by atoms with E-state index < -0.39 is 0 Å². The van der Waals surface area contributed by atoms with Crippen molar-refractivity contribution in [2.75, 3.05) is 49.3 Å². The molecule has 2 heterocycles. The van der Waals surface area contributed by atoms with Crippen LogP contribution in [0.1, 0.15) is 58.3 Å². The van der Waals surface area contributed by atoms with Gasteiger partial charge in [-0.05, 0) is 70.9 Å². The molecular formula is C25H38ClN7O. The summed E-state index contributed by atoms with van der Waals surface area (Å²) >= 11 is 6.40. The number of benzene rings is 1. The number of ether oxygens (including phenoxy) is 1. The number of nitrogens with one attached hydrogen (secondary N) is 2. The molecule has 0 unspecified atom stereocenters. The Hall–Kier alpha value is -2.32. The zero-order valence-corrected chi connectivity index (χ0v) is 21.4. The first-order valence-electron chi connectivity index (χ1n) is 12.6. The highest BCUT2D eigenvalue weighted by Crippen LogP contribution is 2.30. The molecule has 0 spiro atoms. The van der Waals surface area contributed by atoms with Gasteiger partial charge in [0.1, 0.15) is 5.75 Å². The SMILES string of the molecule is CCOc1ccc(Nc2nc(NC3CCCCCC3)nc(N(C)C3CCN(C)CC3)n2)cc1Cl. The van der Waals surface area contributed by atoms with Crippen molar-refractivity contribution in [3.8, 4) is 5.75 Å². The molecule has 2 N–H and O–H groups in total. The van der Waals surface area contributed by atoms with Gasteiger partial charge in [0.25, 0.3) is 0 Å². The topological polar surface area (TPSA) is 78.4 Å². The minimum Gasteiger partial charge on any atom is -0.492 e. The van der Waals surface area contributed by atoms with Crippen molar-refractivity contribution >= 4 is 35.1 Å². The Balaban J connectivity index is 1.57. The van der Waals surface area contributed by atoms with Gasteiger partial charge < -0.3 is 25.2 Å². The van der Waals surface area contributed by atoms with Gasteiger partial charge in [-0.2, -0.15) is 15.0 Å². The summed E-state index contributed by atoms with van der Waals surface area (Å²) in [6, 6.07) is 6.45. The summed E-state index contributed by atoms with van der Waals surface area (Å²) in [4.78, 5) is 18.9. The molecule has 2 fully saturated rings. The summed E-state index contributed by atoms with van der Waals surface area (Å²) < 4.78 is 5.56. The predicted octanol–water partition coefficient (Wildman–Crippen LogP) is 5.33. The van der Waals surface area contributed by atoms with Crippen molar-refractivity contribution in [2.24, 2.45) is 0 Å². The smallest absolute Gasteiger partial charge is 0.233 e. The zero-order chi connectivity index (χ0) is 23.9. The molecule has 1 saturated heterocycles. The Labute approximate surface area is 208 Å². The van der Waals surface area contributed by atoms with Gasteiger partial charge in [0.15, 0.2) is 0 Å². The van der Waals surface area contributed by atoms with Crippen molar-refractivity contribution in [1.29, 1.82) is 0 Å². The van der Waals surface area contributed by atoms with Crippen LogP contribution in [-0.4, -0.2) is 65.7 Å². The van der Waals surface area contributed by atoms with Crippen LogP contribution in [0.25, 0.3) is 0 Å². The standard InChI is InChI=1S/C25H38ClN7O/c1-4-34-22-12-11-19(17-21(22)26)28-24-29-23(27-18-9-7-5-6-8-10-18)30-25(31-24)33(3)20-13-15-32(2)16-14-20/h11-12,17-18,20H,4-10,13-16H2,1-3H3,(H2,27,28,29,30,31). The quantitative estimate of drug-likeness (QED) is 0.483. The van der Waals surface area contributed by atoms with E-state index in [4.69, 9.17) is 31.3 Å². The highest BCUT2D eigenvalue weighted by atomic mass is 35.5. The number of aromatic nitrogens is 3. The average Bonchev–Trinajstić information content (AvgIpc) is 3.09. The van der Waals surface area contributed by atoms with E-state index in [2.05, 4.69) is 34.5 Å². The highest BCUT2D eigenvalue weighted by Gasteiger charge is 2.24. The number of nitrogens with zero attached hydrogens (tertiary/aromatic N) is 5. The van der Waals surface area contributed by atoms with Crippen LogP contribution < -0.4 is 20.3 Å². The summed E-state index contributed by atoms with van der Waals surface area (Å²) in [7, 11) is 4.27. The Bertz CT molecular complexity index is 927. The monoisotopic (exact) mass is 487 g/mol. The van der Waals surface area contributed by atoms with E-state index in [0.717, 1.165) is 44.5 Å². The van der Waals surface area contributed by atoms with Crippen molar-refractivity contribution in [3.63, 3.8) is 0 Å². The van der Waals surface area contributed by atoms with Crippen molar-refractivity contribution < 1.29 is 4.74 Å². The minimum atomic E-state index is 0.402. The van der Waals surface area contributed by atoms with E-state index in [1.807, 2.05) is 25.1 Å². The third-order valence-corrected chi connectivity index (χ3v) is 7.15. The molecule has 34 heavy (non-hydrogen) atoms. The molecule has 0 radical (unpaired) electrons. The van der Waals surface area contributed by atoms with Crippen LogP contribution in [0.4, 0.5) is 23.5 Å². The predicted molar refractivity (Wildman–Crippen MR) is 140 cm³/mol. The normalized spacial score (nSPS) is 18.4. The molecule has 1 aromatic heterocycles. The van der Waals surface area contributed by atoms with E-state index >= 15 is 0 Å². The Kier molecular flexibility index (Phi) is 8.67. The molecule has 9 heteroatoms. The van der Waals surface area contributed by atoms with Gasteiger partial charge >= 0.3 is 0 Å². The molecule has 2 aromatic rings. The molecule has 1 saturated carbocycles. The fraction of sp³-hybridized carbons (Fsp3) is 0.640. The number of hydrogen-bond donors (Lipinski definition) is 2. The summed E-state index contributed by atoms with van der Waals surface area (Å²) in [6.45, 7) is 4.69. The second-order valence-corrected chi connectivity index (χ2v) is 9.87. The van der Waals surface area contributed by atoms with Crippen LogP contribution in [0, 0.1) is 0 Å². The van der Waals surface area contributed by atoms with E-state index in [0.29, 0.717) is 47.3 Å². The lowest BCUT2D eigenvalue weighted by atomic mass is 10.0. The molecule has 1 aliphatic carbocycles. The first kappa shape index (κ1) is 24.8. The lowest BCUT2D eigenvalue weighted by molar-refractivity contribution is 0.252. The molecule has 1 aromatic carbocycles. The van der Waals surface area contributed by atoms with Crippen LogP contribution in [0.5, 0.6) is 5.75 Å². The summed E-state index contributed by atoms with van der Waals surface area (Å²) in [5.41, 5.74) is 0.813. The van der Waals surface area contributed by atoms with E-state index in [1.165, 1.54) is 25.7 Å². The maximum atomic E-state index is 6.40. The number of piperidine rings is 1. The molecule has 1 aliphatic heterocycles. The lowest BCUT2D eigenvalue weighted by Crippen LogP contribution is -2.42. The number of likely N-dealkylation sites (tertiary alicyclic amines) is 1. The molecular weight excluding hydrogens is 450 g/mol. The fourth-order valence-electron chi connectivity index (χ4n) is 4.78. The van der Waals surface area contributed by atoms with Crippen LogP contribution in [-0.2, 0) is 0 Å². The number of anilines is 4. The van der Waals surface area contributed by atoms with Crippen LogP contribution >= 0.6 is 11.6 Å². The Morgan fingerprint density at radius 2 is 1.74 bits per heavy atom. The van der Waals surface area contributed by atoms with Crippen LogP contribution in [0.3, 0.4) is 0 Å². The van der Waals surface area contributed by atoms with Crippen LogP contribution in [0.15, 0.2) is 18.2 Å². The van der Waals surface area contributed by atoms with E-state index in [9.17, 15) is 0 Å². The molecule has 8 nitrogen and oxygen atoms in total. The molecule has 0 atom stereocenters. The zero-order valence-electron chi connectivity index (χ0n) is 20.7. The second-order valence-electron chi connectivity index (χ2n) is 9.46. The molecule has 4 rings (SSSR count). The second kappa shape index (κ2) is 11.9.